The first kappa shape index (κ1) is 31.5. The molecule has 1 fully saturated rings. The lowest BCUT2D eigenvalue weighted by molar-refractivity contribution is -0.384. The highest BCUT2D eigenvalue weighted by Gasteiger charge is 2.35. The molecule has 0 amide bonds. The van der Waals surface area contributed by atoms with Gasteiger partial charge in [-0.2, -0.15) is 0 Å². The van der Waals surface area contributed by atoms with Gasteiger partial charge in [-0.05, 0) is 75.4 Å². The molecule has 3 heterocycles. The Morgan fingerprint density at radius 2 is 1.91 bits per heavy atom. The van der Waals surface area contributed by atoms with Gasteiger partial charge in [0.15, 0.2) is 16.3 Å². The molecule has 1 atom stereocenters. The summed E-state index contributed by atoms with van der Waals surface area (Å²) in [6.07, 6.45) is 4.72. The maximum absolute atomic E-state index is 14.1. The lowest BCUT2D eigenvalue weighted by Gasteiger charge is -2.28. The Kier molecular flexibility index (Phi) is 9.54. The van der Waals surface area contributed by atoms with Crippen molar-refractivity contribution in [2.24, 2.45) is 4.99 Å². The summed E-state index contributed by atoms with van der Waals surface area (Å²) in [5.74, 6) is 0.355. The number of allylic oxidation sites excluding steroid dienone is 1. The SMILES string of the molecule is CCOC(=O)C1=C(C)N=c2s/c(=C\c3ccc(N4CCCCC4)c([N+](=O)[O-])c3)c(=O)n2[C@H]1c1cc(OC)c(OCC)cc1Br. The number of nitro groups is 1. The molecule has 0 spiro atoms. The van der Waals surface area contributed by atoms with Gasteiger partial charge in [0.25, 0.3) is 11.2 Å². The minimum atomic E-state index is -0.887. The second kappa shape index (κ2) is 13.3. The second-order valence-corrected chi connectivity index (χ2v) is 12.2. The highest BCUT2D eigenvalue weighted by molar-refractivity contribution is 9.10. The van der Waals surface area contributed by atoms with Crippen molar-refractivity contribution in [2.75, 3.05) is 38.3 Å². The van der Waals surface area contributed by atoms with Crippen LogP contribution < -0.4 is 29.3 Å². The third-order valence-corrected chi connectivity index (χ3v) is 9.25. The Labute approximate surface area is 266 Å². The number of thiazole rings is 1. The Hall–Kier alpha value is -3.97. The van der Waals surface area contributed by atoms with Gasteiger partial charge >= 0.3 is 5.97 Å². The standard InChI is InChI=1S/C31H33BrN4O7S/c1-5-42-25-17-21(32)20(16-24(25)41-4)28-27(30(38)43-6-2)18(3)33-31-35(28)29(37)26(44-31)15-19-10-11-22(23(14-19)36(39)40)34-12-8-7-9-13-34/h10-11,14-17,28H,5-9,12-13H2,1-4H3/b26-15-/t28-/m0/s1. The summed E-state index contributed by atoms with van der Waals surface area (Å²) in [6, 6.07) is 7.63. The predicted molar refractivity (Wildman–Crippen MR) is 171 cm³/mol. The van der Waals surface area contributed by atoms with Crippen LogP contribution in [0.25, 0.3) is 6.08 Å². The maximum Gasteiger partial charge on any atom is 0.338 e. The Balaban J connectivity index is 1.68. The third kappa shape index (κ3) is 6.03. The van der Waals surface area contributed by atoms with Gasteiger partial charge < -0.3 is 19.1 Å². The molecular formula is C31H33BrN4O7S. The highest BCUT2D eigenvalue weighted by atomic mass is 79.9. The molecule has 2 aliphatic rings. The first-order valence-electron chi connectivity index (χ1n) is 14.4. The van der Waals surface area contributed by atoms with Gasteiger partial charge in [0, 0.05) is 23.6 Å². The van der Waals surface area contributed by atoms with Gasteiger partial charge in [-0.1, -0.05) is 33.3 Å². The van der Waals surface area contributed by atoms with E-state index in [9.17, 15) is 19.7 Å². The topological polar surface area (TPSA) is 126 Å². The second-order valence-electron chi connectivity index (χ2n) is 10.3. The maximum atomic E-state index is 14.1. The molecule has 0 unspecified atom stereocenters. The monoisotopic (exact) mass is 684 g/mol. The van der Waals surface area contributed by atoms with Crippen molar-refractivity contribution in [1.29, 1.82) is 0 Å². The average Bonchev–Trinajstić information content (AvgIpc) is 3.31. The molecule has 3 aromatic rings. The van der Waals surface area contributed by atoms with Crippen LogP contribution in [-0.2, 0) is 9.53 Å². The van der Waals surface area contributed by atoms with Gasteiger partial charge in [0.1, 0.15) is 5.69 Å². The number of hydrogen-bond donors (Lipinski definition) is 0. The van der Waals surface area contributed by atoms with E-state index in [2.05, 4.69) is 20.9 Å². The lowest BCUT2D eigenvalue weighted by Crippen LogP contribution is -2.40. The Bertz CT molecular complexity index is 1830. The van der Waals surface area contributed by atoms with Crippen LogP contribution in [0.2, 0.25) is 0 Å². The van der Waals surface area contributed by atoms with E-state index in [1.54, 1.807) is 44.2 Å². The molecule has 0 aliphatic carbocycles. The van der Waals surface area contributed by atoms with Crippen molar-refractivity contribution < 1.29 is 23.9 Å². The van der Waals surface area contributed by atoms with E-state index in [1.807, 2.05) is 11.8 Å². The highest BCUT2D eigenvalue weighted by Crippen LogP contribution is 2.41. The van der Waals surface area contributed by atoms with Crippen LogP contribution in [0, 0.1) is 10.1 Å². The number of carbonyl (C=O) groups is 1. The molecule has 0 saturated carbocycles. The number of ether oxygens (including phenoxy) is 3. The van der Waals surface area contributed by atoms with E-state index in [4.69, 9.17) is 14.2 Å². The smallest absolute Gasteiger partial charge is 0.338 e. The molecule has 0 radical (unpaired) electrons. The van der Waals surface area contributed by atoms with Crippen LogP contribution in [0.15, 0.2) is 55.9 Å². The minimum Gasteiger partial charge on any atom is -0.493 e. The van der Waals surface area contributed by atoms with Crippen LogP contribution in [0.5, 0.6) is 11.5 Å². The van der Waals surface area contributed by atoms with Crippen LogP contribution in [0.1, 0.15) is 57.2 Å². The first-order chi connectivity index (χ1) is 21.2. The molecule has 11 nitrogen and oxygen atoms in total. The molecule has 44 heavy (non-hydrogen) atoms. The normalized spacial score (nSPS) is 16.8. The zero-order valence-corrected chi connectivity index (χ0v) is 27.3. The average molecular weight is 686 g/mol. The fraction of sp³-hybridized carbons (Fsp3) is 0.387. The summed E-state index contributed by atoms with van der Waals surface area (Å²) in [5, 5.41) is 12.0. The van der Waals surface area contributed by atoms with Crippen molar-refractivity contribution in [1.82, 2.24) is 4.57 Å². The molecule has 1 saturated heterocycles. The predicted octanol–water partition coefficient (Wildman–Crippen LogP) is 4.87. The summed E-state index contributed by atoms with van der Waals surface area (Å²) in [4.78, 5) is 46.1. The number of benzene rings is 2. The quantitative estimate of drug-likeness (QED) is 0.178. The van der Waals surface area contributed by atoms with Gasteiger partial charge in [-0.15, -0.1) is 0 Å². The molecule has 232 valence electrons. The Morgan fingerprint density at radius 1 is 1.16 bits per heavy atom. The Morgan fingerprint density at radius 3 is 2.57 bits per heavy atom. The number of piperidine rings is 1. The van der Waals surface area contributed by atoms with E-state index in [1.165, 1.54) is 17.7 Å². The number of methoxy groups -OCH3 is 1. The molecule has 0 N–H and O–H groups in total. The molecule has 13 heteroatoms. The van der Waals surface area contributed by atoms with Crippen LogP contribution in [0.4, 0.5) is 11.4 Å². The van der Waals surface area contributed by atoms with Crippen molar-refractivity contribution in [3.8, 4) is 11.5 Å². The van der Waals surface area contributed by atoms with Crippen molar-refractivity contribution in [3.63, 3.8) is 0 Å². The fourth-order valence-corrected chi connectivity index (χ4v) is 7.19. The third-order valence-electron chi connectivity index (χ3n) is 7.59. The van der Waals surface area contributed by atoms with E-state index in [0.717, 1.165) is 43.7 Å². The minimum absolute atomic E-state index is 0.00263. The number of nitro benzene ring substituents is 1. The van der Waals surface area contributed by atoms with Gasteiger partial charge in [0.2, 0.25) is 0 Å². The number of halogens is 1. The number of aromatic nitrogens is 1. The lowest BCUT2D eigenvalue weighted by atomic mass is 9.95. The number of nitrogens with zero attached hydrogens (tertiary/aromatic N) is 4. The number of anilines is 1. The van der Waals surface area contributed by atoms with Crippen molar-refractivity contribution >= 4 is 50.7 Å². The van der Waals surface area contributed by atoms with Gasteiger partial charge in [0.05, 0.1) is 47.1 Å². The summed E-state index contributed by atoms with van der Waals surface area (Å²) < 4.78 is 19.1. The van der Waals surface area contributed by atoms with Crippen LogP contribution in [0.3, 0.4) is 0 Å². The summed E-state index contributed by atoms with van der Waals surface area (Å²) in [7, 11) is 1.52. The molecular weight excluding hydrogens is 652 g/mol. The molecule has 2 aromatic carbocycles. The summed E-state index contributed by atoms with van der Waals surface area (Å²) >= 11 is 4.77. The summed E-state index contributed by atoms with van der Waals surface area (Å²) in [6.45, 7) is 7.39. The number of carbonyl (C=O) groups excluding carboxylic acids is 1. The number of esters is 1. The van der Waals surface area contributed by atoms with E-state index >= 15 is 0 Å². The molecule has 5 rings (SSSR count). The zero-order valence-electron chi connectivity index (χ0n) is 24.9. The first-order valence-corrected chi connectivity index (χ1v) is 16.0. The van der Waals surface area contributed by atoms with Gasteiger partial charge in [-0.3, -0.25) is 19.5 Å². The van der Waals surface area contributed by atoms with Crippen LogP contribution >= 0.6 is 27.3 Å². The molecule has 0 bridgehead atoms. The van der Waals surface area contributed by atoms with E-state index in [-0.39, 0.29) is 22.8 Å². The number of fused-ring (bicyclic) bond motifs is 1. The summed E-state index contributed by atoms with van der Waals surface area (Å²) in [5.41, 5.74) is 1.92. The van der Waals surface area contributed by atoms with Gasteiger partial charge in [-0.25, -0.2) is 9.79 Å². The van der Waals surface area contributed by atoms with Crippen molar-refractivity contribution in [2.45, 2.75) is 46.1 Å². The fourth-order valence-electron chi connectivity index (χ4n) is 5.60. The largest absolute Gasteiger partial charge is 0.493 e. The van der Waals surface area contributed by atoms with E-state index < -0.39 is 17.6 Å². The van der Waals surface area contributed by atoms with Crippen LogP contribution in [-0.4, -0.2) is 48.9 Å². The molecule has 2 aliphatic heterocycles. The van der Waals surface area contributed by atoms with Crippen molar-refractivity contribution in [3.05, 3.63) is 87.0 Å². The van der Waals surface area contributed by atoms with E-state index in [0.29, 0.717) is 54.4 Å². The number of hydrogen-bond acceptors (Lipinski definition) is 10. The molecule has 1 aromatic heterocycles. The zero-order chi connectivity index (χ0) is 31.5. The number of rotatable bonds is 9.